The Balaban J connectivity index is 2.15. The summed E-state index contributed by atoms with van der Waals surface area (Å²) in [5.74, 6) is -2.71. The van der Waals surface area contributed by atoms with Crippen molar-refractivity contribution >= 4 is 5.97 Å². The van der Waals surface area contributed by atoms with Crippen molar-refractivity contribution in [2.75, 3.05) is 20.1 Å². The second-order valence-corrected chi connectivity index (χ2v) is 4.89. The van der Waals surface area contributed by atoms with E-state index in [1.54, 1.807) is 0 Å². The van der Waals surface area contributed by atoms with Crippen LogP contribution in [0.5, 0.6) is 0 Å². The maximum absolute atomic E-state index is 13.1. The molecule has 1 heterocycles. The number of hydrogen-bond donors (Lipinski definition) is 0. The number of likely N-dealkylation sites (tertiary alicyclic amines) is 1. The molecule has 1 aromatic rings. The molecule has 0 atom stereocenters. The maximum atomic E-state index is 13.1. The molecule has 0 saturated carbocycles. The number of halogens is 2. The molecule has 1 saturated heterocycles. The van der Waals surface area contributed by atoms with Gasteiger partial charge in [-0.25, -0.2) is 13.6 Å². The van der Waals surface area contributed by atoms with Gasteiger partial charge in [0.1, 0.15) is 11.6 Å². The number of carbonyl (C=O) groups excluding carboxylic acids is 1. The molecule has 20 heavy (non-hydrogen) atoms. The van der Waals surface area contributed by atoms with E-state index in [1.807, 2.05) is 11.9 Å². The quantitative estimate of drug-likeness (QED) is 0.631. The topological polar surface area (TPSA) is 59.0 Å². The summed E-state index contributed by atoms with van der Waals surface area (Å²) in [6.07, 6.45) is 0.521. The van der Waals surface area contributed by atoms with Gasteiger partial charge in [-0.1, -0.05) is 0 Å². The fourth-order valence-corrected chi connectivity index (χ4v) is 2.08. The fourth-order valence-electron chi connectivity index (χ4n) is 2.08. The number of rotatable bonds is 3. The van der Waals surface area contributed by atoms with Crippen molar-refractivity contribution in [3.8, 4) is 0 Å². The van der Waals surface area contributed by atoms with E-state index in [4.69, 9.17) is 4.74 Å². The Kier molecular flexibility index (Phi) is 4.08. The highest BCUT2D eigenvalue weighted by atomic mass is 19.1. The molecule has 0 amide bonds. The van der Waals surface area contributed by atoms with E-state index in [1.165, 1.54) is 0 Å². The summed E-state index contributed by atoms with van der Waals surface area (Å²) < 4.78 is 31.2. The van der Waals surface area contributed by atoms with Crippen molar-refractivity contribution in [3.63, 3.8) is 0 Å². The van der Waals surface area contributed by atoms with Crippen LogP contribution in [0.2, 0.25) is 0 Å². The largest absolute Gasteiger partial charge is 0.430 e. The lowest BCUT2D eigenvalue weighted by atomic mass is 10.0. The van der Waals surface area contributed by atoms with Gasteiger partial charge in [0.15, 0.2) is 0 Å². The molecular weight excluding hydrogens is 270 g/mol. The number of nitroso groups, excluding NO2 is 1. The van der Waals surface area contributed by atoms with Gasteiger partial charge in [-0.2, -0.15) is 0 Å². The van der Waals surface area contributed by atoms with Crippen LogP contribution >= 0.6 is 0 Å². The molecule has 2 rings (SSSR count). The van der Waals surface area contributed by atoms with Gasteiger partial charge in [0, 0.05) is 32.0 Å². The number of ether oxygens (including phenoxy) is 1. The summed E-state index contributed by atoms with van der Waals surface area (Å²) in [7, 11) is 1.87. The highest BCUT2D eigenvalue weighted by Crippen LogP contribution is 2.28. The molecule has 0 unspecified atom stereocenters. The van der Waals surface area contributed by atoms with E-state index in [-0.39, 0.29) is 18.4 Å². The number of benzene rings is 1. The Hall–Kier alpha value is -1.89. The van der Waals surface area contributed by atoms with Crippen LogP contribution in [0.1, 0.15) is 23.2 Å². The molecule has 0 spiro atoms. The third-order valence-electron chi connectivity index (χ3n) is 3.32. The van der Waals surface area contributed by atoms with Gasteiger partial charge in [0.2, 0.25) is 5.72 Å². The van der Waals surface area contributed by atoms with Crippen molar-refractivity contribution < 1.29 is 18.3 Å². The molecule has 0 bridgehead atoms. The lowest BCUT2D eigenvalue weighted by Gasteiger charge is -2.34. The van der Waals surface area contributed by atoms with Gasteiger partial charge in [0.25, 0.3) is 0 Å². The summed E-state index contributed by atoms with van der Waals surface area (Å²) in [4.78, 5) is 24.9. The van der Waals surface area contributed by atoms with Gasteiger partial charge >= 0.3 is 5.97 Å². The Morgan fingerprint density at radius 2 is 1.80 bits per heavy atom. The molecule has 0 aromatic heterocycles. The van der Waals surface area contributed by atoms with Crippen LogP contribution in [-0.4, -0.2) is 36.7 Å². The Morgan fingerprint density at radius 3 is 2.30 bits per heavy atom. The zero-order chi connectivity index (χ0) is 14.8. The maximum Gasteiger partial charge on any atom is 0.340 e. The monoisotopic (exact) mass is 284 g/mol. The zero-order valence-corrected chi connectivity index (χ0v) is 10.9. The first-order valence-electron chi connectivity index (χ1n) is 6.17. The number of carbonyl (C=O) groups is 1. The summed E-state index contributed by atoms with van der Waals surface area (Å²) in [5.41, 5.74) is -1.73. The first-order valence-corrected chi connectivity index (χ1v) is 6.17. The standard InChI is InChI=1S/C13H14F2N2O3/c1-17-4-2-13(16-19,3-5-17)20-12(18)9-6-10(14)8-11(15)7-9/h6-8H,2-5H2,1H3. The predicted octanol–water partition coefficient (Wildman–Crippen LogP) is 2.31. The van der Waals surface area contributed by atoms with Crippen molar-refractivity contribution in [1.82, 2.24) is 4.90 Å². The number of piperidine rings is 1. The van der Waals surface area contributed by atoms with Crippen LogP contribution in [0.25, 0.3) is 0 Å². The summed E-state index contributed by atoms with van der Waals surface area (Å²) in [6.45, 7) is 1.10. The second-order valence-electron chi connectivity index (χ2n) is 4.89. The number of hydrogen-bond acceptors (Lipinski definition) is 5. The Morgan fingerprint density at radius 1 is 1.25 bits per heavy atom. The Labute approximate surface area is 114 Å². The van der Waals surface area contributed by atoms with E-state index < -0.39 is 23.3 Å². The third kappa shape index (κ3) is 3.16. The molecule has 1 aromatic carbocycles. The minimum Gasteiger partial charge on any atom is -0.430 e. The van der Waals surface area contributed by atoms with Gasteiger partial charge in [0.05, 0.1) is 5.56 Å². The van der Waals surface area contributed by atoms with Gasteiger partial charge < -0.3 is 9.64 Å². The highest BCUT2D eigenvalue weighted by Gasteiger charge is 2.39. The predicted molar refractivity (Wildman–Crippen MR) is 67.0 cm³/mol. The lowest BCUT2D eigenvalue weighted by Crippen LogP contribution is -2.44. The molecule has 1 aliphatic rings. The third-order valence-corrected chi connectivity index (χ3v) is 3.32. The molecule has 5 nitrogen and oxygen atoms in total. The van der Waals surface area contributed by atoms with Gasteiger partial charge in [-0.3, -0.25) is 0 Å². The zero-order valence-electron chi connectivity index (χ0n) is 10.9. The molecule has 1 aliphatic heterocycles. The van der Waals surface area contributed by atoms with Crippen LogP contribution in [0.15, 0.2) is 23.4 Å². The molecule has 0 aliphatic carbocycles. The minimum atomic E-state index is -1.45. The van der Waals surface area contributed by atoms with Crippen molar-refractivity contribution in [1.29, 1.82) is 0 Å². The van der Waals surface area contributed by atoms with E-state index in [0.717, 1.165) is 12.1 Å². The first kappa shape index (κ1) is 14.5. The number of esters is 1. The van der Waals surface area contributed by atoms with Crippen LogP contribution in [0, 0.1) is 16.5 Å². The minimum absolute atomic E-state index is 0.260. The average Bonchev–Trinajstić information content (AvgIpc) is 2.40. The van der Waals surface area contributed by atoms with E-state index >= 15 is 0 Å². The van der Waals surface area contributed by atoms with E-state index in [0.29, 0.717) is 19.2 Å². The smallest absolute Gasteiger partial charge is 0.340 e. The molecule has 7 heteroatoms. The average molecular weight is 284 g/mol. The summed E-state index contributed by atoms with van der Waals surface area (Å²) >= 11 is 0. The van der Waals surface area contributed by atoms with Crippen molar-refractivity contribution in [3.05, 3.63) is 40.3 Å². The van der Waals surface area contributed by atoms with E-state index in [9.17, 15) is 18.5 Å². The van der Waals surface area contributed by atoms with Gasteiger partial charge in [-0.15, -0.1) is 4.91 Å². The molecule has 108 valence electrons. The normalized spacial score (nSPS) is 18.6. The van der Waals surface area contributed by atoms with Crippen LogP contribution in [-0.2, 0) is 4.74 Å². The van der Waals surface area contributed by atoms with Crippen molar-refractivity contribution in [2.45, 2.75) is 18.6 Å². The SMILES string of the molecule is CN1CCC(N=O)(OC(=O)c2cc(F)cc(F)c2)CC1. The molecular formula is C13H14F2N2O3. The molecule has 0 N–H and O–H groups in total. The highest BCUT2D eigenvalue weighted by molar-refractivity contribution is 5.89. The summed E-state index contributed by atoms with van der Waals surface area (Å²) in [5, 5.41) is 2.92. The lowest BCUT2D eigenvalue weighted by molar-refractivity contribution is -0.0439. The first-order chi connectivity index (χ1) is 9.44. The number of nitrogens with zero attached hydrogens (tertiary/aromatic N) is 2. The molecule has 1 fully saturated rings. The van der Waals surface area contributed by atoms with Crippen molar-refractivity contribution in [2.24, 2.45) is 5.18 Å². The van der Waals surface area contributed by atoms with Crippen LogP contribution in [0.3, 0.4) is 0 Å². The van der Waals surface area contributed by atoms with Gasteiger partial charge in [-0.05, 0) is 24.4 Å². The molecule has 0 radical (unpaired) electrons. The summed E-state index contributed by atoms with van der Waals surface area (Å²) in [6, 6.07) is 2.37. The van der Waals surface area contributed by atoms with Crippen LogP contribution < -0.4 is 0 Å². The fraction of sp³-hybridized carbons (Fsp3) is 0.462. The van der Waals surface area contributed by atoms with E-state index in [2.05, 4.69) is 5.18 Å². The van der Waals surface area contributed by atoms with Crippen LogP contribution in [0.4, 0.5) is 8.78 Å². The Bertz CT molecular complexity index is 508. The second kappa shape index (κ2) is 5.62.